The summed E-state index contributed by atoms with van der Waals surface area (Å²) in [5.41, 5.74) is 2.82. The molecule has 1 nitrogen and oxygen atoms in total. The lowest BCUT2D eigenvalue weighted by molar-refractivity contribution is 0.512. The lowest BCUT2D eigenvalue weighted by Gasteiger charge is -2.24. The zero-order valence-corrected chi connectivity index (χ0v) is 11.0. The van der Waals surface area contributed by atoms with Gasteiger partial charge in [0.1, 0.15) is 0 Å². The van der Waals surface area contributed by atoms with Crippen molar-refractivity contribution in [1.82, 2.24) is 5.32 Å². The number of thiophene rings is 1. The second-order valence-electron chi connectivity index (χ2n) is 4.40. The highest BCUT2D eigenvalue weighted by Crippen LogP contribution is 2.30. The van der Waals surface area contributed by atoms with E-state index in [0.717, 1.165) is 24.4 Å². The molecule has 2 aromatic rings. The Hall–Kier alpha value is -0.830. The van der Waals surface area contributed by atoms with Crippen LogP contribution in [-0.2, 0) is 12.8 Å². The van der Waals surface area contributed by atoms with Crippen LogP contribution in [0.1, 0.15) is 22.0 Å². The van der Waals surface area contributed by atoms with Crippen LogP contribution >= 0.6 is 22.9 Å². The van der Waals surface area contributed by atoms with Crippen LogP contribution < -0.4 is 5.32 Å². The first-order chi connectivity index (χ1) is 8.33. The van der Waals surface area contributed by atoms with Crippen molar-refractivity contribution < 1.29 is 0 Å². The maximum Gasteiger partial charge on any atom is 0.0458 e. The zero-order chi connectivity index (χ0) is 11.7. The van der Waals surface area contributed by atoms with Gasteiger partial charge in [-0.2, -0.15) is 0 Å². The van der Waals surface area contributed by atoms with E-state index in [2.05, 4.69) is 28.9 Å². The fourth-order valence-corrected chi connectivity index (χ4v) is 3.64. The van der Waals surface area contributed by atoms with Gasteiger partial charge in [0.05, 0.1) is 0 Å². The fourth-order valence-electron chi connectivity index (χ4n) is 2.40. The first kappa shape index (κ1) is 11.3. The number of hydrogen-bond donors (Lipinski definition) is 1. The lowest BCUT2D eigenvalue weighted by atomic mass is 9.98. The predicted molar refractivity (Wildman–Crippen MR) is 73.9 cm³/mol. The molecule has 0 amide bonds. The van der Waals surface area contributed by atoms with Crippen molar-refractivity contribution in [3.63, 3.8) is 0 Å². The van der Waals surface area contributed by atoms with Gasteiger partial charge >= 0.3 is 0 Å². The summed E-state index contributed by atoms with van der Waals surface area (Å²) in [5, 5.41) is 6.62. The van der Waals surface area contributed by atoms with E-state index in [4.69, 9.17) is 11.6 Å². The number of rotatable bonds is 2. The summed E-state index contributed by atoms with van der Waals surface area (Å²) in [6.45, 7) is 1.08. The highest BCUT2D eigenvalue weighted by atomic mass is 35.5. The van der Waals surface area contributed by atoms with Crippen LogP contribution in [0.15, 0.2) is 35.7 Å². The molecule has 88 valence electrons. The fraction of sp³-hybridized carbons (Fsp3) is 0.286. The van der Waals surface area contributed by atoms with E-state index in [1.54, 1.807) is 0 Å². The molecular weight excluding hydrogens is 250 g/mol. The summed E-state index contributed by atoms with van der Waals surface area (Å²) in [7, 11) is 0. The van der Waals surface area contributed by atoms with E-state index in [9.17, 15) is 0 Å². The third kappa shape index (κ3) is 2.39. The highest BCUT2D eigenvalue weighted by molar-refractivity contribution is 7.10. The molecule has 0 unspecified atom stereocenters. The van der Waals surface area contributed by atoms with Crippen LogP contribution in [0.2, 0.25) is 5.02 Å². The molecule has 17 heavy (non-hydrogen) atoms. The van der Waals surface area contributed by atoms with Crippen molar-refractivity contribution in [3.05, 3.63) is 56.7 Å². The second kappa shape index (κ2) is 4.81. The zero-order valence-electron chi connectivity index (χ0n) is 9.45. The van der Waals surface area contributed by atoms with Gasteiger partial charge in [0.15, 0.2) is 0 Å². The van der Waals surface area contributed by atoms with Crippen LogP contribution in [0.3, 0.4) is 0 Å². The van der Waals surface area contributed by atoms with Crippen molar-refractivity contribution in [2.45, 2.75) is 18.9 Å². The Labute approximate surface area is 110 Å². The molecule has 0 aliphatic carbocycles. The Balaban J connectivity index is 1.84. The molecule has 1 aromatic carbocycles. The molecule has 0 spiro atoms. The summed E-state index contributed by atoms with van der Waals surface area (Å²) in [6, 6.07) is 10.9. The number of fused-ring (bicyclic) bond motifs is 1. The Kier molecular flexibility index (Phi) is 3.19. The van der Waals surface area contributed by atoms with E-state index in [0.29, 0.717) is 6.04 Å². The largest absolute Gasteiger partial charge is 0.309 e. The first-order valence-electron chi connectivity index (χ1n) is 5.87. The Morgan fingerprint density at radius 3 is 3.18 bits per heavy atom. The van der Waals surface area contributed by atoms with Crippen LogP contribution in [0.25, 0.3) is 0 Å². The normalized spacial score (nSPS) is 19.0. The molecule has 3 rings (SSSR count). The first-order valence-corrected chi connectivity index (χ1v) is 7.13. The van der Waals surface area contributed by atoms with Crippen molar-refractivity contribution in [2.24, 2.45) is 0 Å². The molecule has 0 fully saturated rings. The van der Waals surface area contributed by atoms with Crippen molar-refractivity contribution in [2.75, 3.05) is 6.54 Å². The van der Waals surface area contributed by atoms with E-state index < -0.39 is 0 Å². The quantitative estimate of drug-likeness (QED) is 0.868. The van der Waals surface area contributed by atoms with E-state index in [1.807, 2.05) is 23.5 Å². The van der Waals surface area contributed by atoms with E-state index >= 15 is 0 Å². The Bertz CT molecular complexity index is 520. The molecule has 0 saturated heterocycles. The Morgan fingerprint density at radius 2 is 2.29 bits per heavy atom. The van der Waals surface area contributed by atoms with Crippen LogP contribution in [0, 0.1) is 0 Å². The summed E-state index contributed by atoms with van der Waals surface area (Å²) >= 11 is 7.89. The van der Waals surface area contributed by atoms with Gasteiger partial charge in [-0.15, -0.1) is 11.3 Å². The smallest absolute Gasteiger partial charge is 0.0458 e. The monoisotopic (exact) mass is 263 g/mol. The number of hydrogen-bond acceptors (Lipinski definition) is 2. The van der Waals surface area contributed by atoms with Crippen molar-refractivity contribution in [3.8, 4) is 0 Å². The minimum Gasteiger partial charge on any atom is -0.309 e. The molecule has 1 aliphatic heterocycles. The minimum atomic E-state index is 0.456. The van der Waals surface area contributed by atoms with Gasteiger partial charge < -0.3 is 5.32 Å². The van der Waals surface area contributed by atoms with Crippen LogP contribution in [0.4, 0.5) is 0 Å². The number of halogens is 1. The molecule has 1 aliphatic rings. The van der Waals surface area contributed by atoms with E-state index in [-0.39, 0.29) is 0 Å². The molecule has 0 radical (unpaired) electrons. The Morgan fingerprint density at radius 1 is 1.35 bits per heavy atom. The van der Waals surface area contributed by atoms with Gasteiger partial charge in [-0.1, -0.05) is 23.7 Å². The van der Waals surface area contributed by atoms with Gasteiger partial charge in [0, 0.05) is 15.9 Å². The molecule has 2 heterocycles. The van der Waals surface area contributed by atoms with Gasteiger partial charge in [-0.05, 0) is 54.1 Å². The highest BCUT2D eigenvalue weighted by Gasteiger charge is 2.20. The van der Waals surface area contributed by atoms with Crippen molar-refractivity contribution >= 4 is 22.9 Å². The molecule has 1 atom stereocenters. The van der Waals surface area contributed by atoms with Crippen LogP contribution in [0.5, 0.6) is 0 Å². The number of nitrogens with one attached hydrogen (secondary N) is 1. The number of benzene rings is 1. The summed E-state index contributed by atoms with van der Waals surface area (Å²) in [6.07, 6.45) is 2.18. The lowest BCUT2D eigenvalue weighted by Crippen LogP contribution is -2.29. The minimum absolute atomic E-state index is 0.456. The molecule has 0 saturated carbocycles. The van der Waals surface area contributed by atoms with Crippen LogP contribution in [-0.4, -0.2) is 6.54 Å². The SMILES string of the molecule is Clc1cccc(C[C@@H]2NCCc3ccsc32)c1. The topological polar surface area (TPSA) is 12.0 Å². The molecule has 0 bridgehead atoms. The summed E-state index contributed by atoms with van der Waals surface area (Å²) in [5.74, 6) is 0. The average molecular weight is 264 g/mol. The molecule has 3 heteroatoms. The maximum atomic E-state index is 6.02. The second-order valence-corrected chi connectivity index (χ2v) is 5.78. The van der Waals surface area contributed by atoms with Gasteiger partial charge in [0.25, 0.3) is 0 Å². The molecular formula is C14H14ClNS. The standard InChI is InChI=1S/C14H14ClNS/c15-12-3-1-2-10(8-12)9-13-14-11(4-6-16-13)5-7-17-14/h1-3,5,7-8,13,16H,4,6,9H2/t13-/m0/s1. The summed E-state index contributed by atoms with van der Waals surface area (Å²) in [4.78, 5) is 1.50. The summed E-state index contributed by atoms with van der Waals surface area (Å²) < 4.78 is 0. The molecule has 1 N–H and O–H groups in total. The third-order valence-corrected chi connectivity index (χ3v) is 4.52. The van der Waals surface area contributed by atoms with Gasteiger partial charge in [0.2, 0.25) is 0 Å². The average Bonchev–Trinajstić information content (AvgIpc) is 2.78. The van der Waals surface area contributed by atoms with Gasteiger partial charge in [-0.3, -0.25) is 0 Å². The predicted octanol–water partition coefficient (Wildman–Crippen LogP) is 3.83. The third-order valence-electron chi connectivity index (χ3n) is 3.21. The molecule has 1 aromatic heterocycles. The van der Waals surface area contributed by atoms with Gasteiger partial charge in [-0.25, -0.2) is 0 Å². The van der Waals surface area contributed by atoms with Crippen molar-refractivity contribution in [1.29, 1.82) is 0 Å². The van der Waals surface area contributed by atoms with E-state index in [1.165, 1.54) is 16.0 Å². The maximum absolute atomic E-state index is 6.02.